The second-order valence-electron chi connectivity index (χ2n) is 4.93. The van der Waals surface area contributed by atoms with E-state index >= 15 is 0 Å². The Morgan fingerprint density at radius 3 is 2.59 bits per heavy atom. The van der Waals surface area contributed by atoms with Crippen LogP contribution in [0.1, 0.15) is 30.1 Å². The van der Waals surface area contributed by atoms with Gasteiger partial charge in [-0.1, -0.05) is 42.5 Å². The molecule has 0 aliphatic heterocycles. The molecule has 3 nitrogen and oxygen atoms in total. The van der Waals surface area contributed by atoms with Gasteiger partial charge in [-0.05, 0) is 24.1 Å². The summed E-state index contributed by atoms with van der Waals surface area (Å²) in [5.41, 5.74) is 0.554. The summed E-state index contributed by atoms with van der Waals surface area (Å²) in [4.78, 5) is 24.8. The van der Waals surface area contributed by atoms with Crippen molar-refractivity contribution in [2.75, 3.05) is 7.11 Å². The summed E-state index contributed by atoms with van der Waals surface area (Å²) in [6.45, 7) is 1.74. The summed E-state index contributed by atoms with van der Waals surface area (Å²) in [7, 11) is 1.30. The molecule has 0 saturated heterocycles. The summed E-state index contributed by atoms with van der Waals surface area (Å²) in [6, 6.07) is 13.2. The number of carbonyl (C=O) groups is 2. The van der Waals surface area contributed by atoms with Crippen LogP contribution in [0, 0.1) is 17.8 Å². The molecule has 0 aliphatic carbocycles. The summed E-state index contributed by atoms with van der Waals surface area (Å²) in [6.07, 6.45) is 0.863. The fourth-order valence-corrected chi connectivity index (χ4v) is 2.47. The van der Waals surface area contributed by atoms with E-state index < -0.39 is 11.9 Å². The molecule has 0 aliphatic rings. The highest BCUT2D eigenvalue weighted by Gasteiger charge is 2.28. The zero-order chi connectivity index (χ0) is 15.9. The Bertz CT molecular complexity index is 745. The minimum absolute atomic E-state index is 0.207. The van der Waals surface area contributed by atoms with Gasteiger partial charge in [-0.2, -0.15) is 0 Å². The standard InChI is InChI=1S/C19H18O3/c1-3-4-5-12-17(19(21)22-2)18(20)16-13-8-10-14-9-6-7-11-15(14)16/h6-11,13,17H,5,12H2,1-2H3. The van der Waals surface area contributed by atoms with Gasteiger partial charge in [-0.3, -0.25) is 9.59 Å². The first-order valence-electron chi connectivity index (χ1n) is 7.18. The van der Waals surface area contributed by atoms with E-state index in [0.29, 0.717) is 18.4 Å². The van der Waals surface area contributed by atoms with Crippen LogP contribution in [0.2, 0.25) is 0 Å². The van der Waals surface area contributed by atoms with Gasteiger partial charge in [0.15, 0.2) is 5.78 Å². The number of benzene rings is 2. The van der Waals surface area contributed by atoms with E-state index in [-0.39, 0.29) is 5.78 Å². The van der Waals surface area contributed by atoms with Crippen molar-refractivity contribution < 1.29 is 14.3 Å². The van der Waals surface area contributed by atoms with Gasteiger partial charge in [0.25, 0.3) is 0 Å². The number of hydrogen-bond donors (Lipinski definition) is 0. The number of carbonyl (C=O) groups excluding carboxylic acids is 2. The van der Waals surface area contributed by atoms with Crippen molar-refractivity contribution in [3.8, 4) is 11.8 Å². The summed E-state index contributed by atoms with van der Waals surface area (Å²) in [5.74, 6) is 4.15. The maximum Gasteiger partial charge on any atom is 0.316 e. The molecule has 2 aromatic rings. The average molecular weight is 294 g/mol. The second kappa shape index (κ2) is 7.42. The number of hydrogen-bond acceptors (Lipinski definition) is 3. The van der Waals surface area contributed by atoms with E-state index in [1.165, 1.54) is 7.11 Å². The lowest BCUT2D eigenvalue weighted by Crippen LogP contribution is -2.25. The molecule has 0 N–H and O–H groups in total. The predicted molar refractivity (Wildman–Crippen MR) is 86.5 cm³/mol. The molecule has 0 fully saturated rings. The van der Waals surface area contributed by atoms with Crippen LogP contribution in [-0.4, -0.2) is 18.9 Å². The zero-order valence-corrected chi connectivity index (χ0v) is 12.8. The van der Waals surface area contributed by atoms with Crippen LogP contribution in [0.4, 0.5) is 0 Å². The third kappa shape index (κ3) is 3.35. The third-order valence-electron chi connectivity index (χ3n) is 3.59. The highest BCUT2D eigenvalue weighted by atomic mass is 16.5. The van der Waals surface area contributed by atoms with Crippen LogP contribution in [0.3, 0.4) is 0 Å². The molecule has 0 heterocycles. The normalized spacial score (nSPS) is 11.4. The quantitative estimate of drug-likeness (QED) is 0.366. The molecule has 0 bridgehead atoms. The fraction of sp³-hybridized carbons (Fsp3) is 0.263. The van der Waals surface area contributed by atoms with Gasteiger partial charge in [0, 0.05) is 12.0 Å². The van der Waals surface area contributed by atoms with Crippen molar-refractivity contribution in [2.45, 2.75) is 19.8 Å². The lowest BCUT2D eigenvalue weighted by atomic mass is 9.90. The second-order valence-corrected chi connectivity index (χ2v) is 4.93. The molecule has 0 spiro atoms. The average Bonchev–Trinajstić information content (AvgIpc) is 2.57. The minimum atomic E-state index is -0.809. The van der Waals surface area contributed by atoms with E-state index in [1.54, 1.807) is 13.0 Å². The Balaban J connectivity index is 2.39. The van der Waals surface area contributed by atoms with Gasteiger partial charge in [0.1, 0.15) is 5.92 Å². The zero-order valence-electron chi connectivity index (χ0n) is 12.8. The van der Waals surface area contributed by atoms with Gasteiger partial charge in [-0.15, -0.1) is 11.8 Å². The van der Waals surface area contributed by atoms with Crippen LogP contribution in [0.25, 0.3) is 10.8 Å². The lowest BCUT2D eigenvalue weighted by Gasteiger charge is -2.14. The monoisotopic (exact) mass is 294 g/mol. The summed E-state index contributed by atoms with van der Waals surface area (Å²) < 4.78 is 4.79. The molecule has 0 radical (unpaired) electrons. The molecular weight excluding hydrogens is 276 g/mol. The topological polar surface area (TPSA) is 43.4 Å². The first kappa shape index (κ1) is 15.8. The number of ketones is 1. The predicted octanol–water partition coefficient (Wildman–Crippen LogP) is 3.62. The highest BCUT2D eigenvalue weighted by molar-refractivity contribution is 6.15. The number of Topliss-reactive ketones (excluding diaryl/α,β-unsaturated/α-hetero) is 1. The van der Waals surface area contributed by atoms with E-state index in [2.05, 4.69) is 11.8 Å². The molecule has 1 atom stereocenters. The van der Waals surface area contributed by atoms with E-state index in [4.69, 9.17) is 4.74 Å². The number of ether oxygens (including phenoxy) is 1. The Morgan fingerprint density at radius 2 is 1.86 bits per heavy atom. The van der Waals surface area contributed by atoms with Crippen molar-refractivity contribution in [3.05, 3.63) is 48.0 Å². The molecule has 0 aromatic heterocycles. The maximum atomic E-state index is 12.8. The lowest BCUT2D eigenvalue weighted by molar-refractivity contribution is -0.143. The molecule has 1 unspecified atom stereocenters. The van der Waals surface area contributed by atoms with Crippen molar-refractivity contribution in [1.82, 2.24) is 0 Å². The summed E-state index contributed by atoms with van der Waals surface area (Å²) in [5, 5.41) is 1.83. The van der Waals surface area contributed by atoms with Crippen LogP contribution >= 0.6 is 0 Å². The Hall–Kier alpha value is -2.60. The Labute approximate surface area is 130 Å². The summed E-state index contributed by atoms with van der Waals surface area (Å²) >= 11 is 0. The molecule has 2 aromatic carbocycles. The van der Waals surface area contributed by atoms with Crippen LogP contribution in [0.15, 0.2) is 42.5 Å². The first-order valence-corrected chi connectivity index (χ1v) is 7.18. The Morgan fingerprint density at radius 1 is 1.14 bits per heavy atom. The molecule has 3 heteroatoms. The van der Waals surface area contributed by atoms with Gasteiger partial charge in [0.05, 0.1) is 7.11 Å². The van der Waals surface area contributed by atoms with Crippen LogP contribution in [-0.2, 0) is 9.53 Å². The molecule has 22 heavy (non-hydrogen) atoms. The number of rotatable bonds is 5. The number of esters is 1. The van der Waals surface area contributed by atoms with E-state index in [9.17, 15) is 9.59 Å². The van der Waals surface area contributed by atoms with Crippen LogP contribution < -0.4 is 0 Å². The van der Waals surface area contributed by atoms with Crippen LogP contribution in [0.5, 0.6) is 0 Å². The fourth-order valence-electron chi connectivity index (χ4n) is 2.47. The van der Waals surface area contributed by atoms with Crippen molar-refractivity contribution in [1.29, 1.82) is 0 Å². The first-order chi connectivity index (χ1) is 10.7. The molecule has 0 amide bonds. The number of fused-ring (bicyclic) bond motifs is 1. The van der Waals surface area contributed by atoms with Gasteiger partial charge in [-0.25, -0.2) is 0 Å². The maximum absolute atomic E-state index is 12.8. The smallest absolute Gasteiger partial charge is 0.316 e. The van der Waals surface area contributed by atoms with E-state index in [0.717, 1.165) is 10.8 Å². The SMILES string of the molecule is CC#CCCC(C(=O)OC)C(=O)c1cccc2ccccc12. The molecule has 112 valence electrons. The number of methoxy groups -OCH3 is 1. The highest BCUT2D eigenvalue weighted by Crippen LogP contribution is 2.23. The van der Waals surface area contributed by atoms with Crippen molar-refractivity contribution in [3.63, 3.8) is 0 Å². The van der Waals surface area contributed by atoms with E-state index in [1.807, 2.05) is 36.4 Å². The molecular formula is C19H18O3. The van der Waals surface area contributed by atoms with Crippen molar-refractivity contribution in [2.24, 2.45) is 5.92 Å². The Kier molecular flexibility index (Phi) is 5.32. The minimum Gasteiger partial charge on any atom is -0.468 e. The largest absolute Gasteiger partial charge is 0.468 e. The van der Waals surface area contributed by atoms with Gasteiger partial charge in [0.2, 0.25) is 0 Å². The molecule has 0 saturated carbocycles. The van der Waals surface area contributed by atoms with Crippen molar-refractivity contribution >= 4 is 22.5 Å². The van der Waals surface area contributed by atoms with Gasteiger partial charge >= 0.3 is 5.97 Å². The third-order valence-corrected chi connectivity index (χ3v) is 3.59. The van der Waals surface area contributed by atoms with Gasteiger partial charge < -0.3 is 4.74 Å². The molecule has 2 rings (SSSR count).